The number of nitrogens with zero attached hydrogens (tertiary/aromatic N) is 2. The van der Waals surface area contributed by atoms with Gasteiger partial charge >= 0.3 is 0 Å². The smallest absolute Gasteiger partial charge is 0.0959 e. The molecule has 2 nitrogen and oxygen atoms in total. The zero-order valence-electron chi connectivity index (χ0n) is 12.5. The highest BCUT2D eigenvalue weighted by atomic mass is 32.2. The number of likely N-dealkylation sites (tertiary alicyclic amines) is 1. The van der Waals surface area contributed by atoms with Crippen molar-refractivity contribution in [2.24, 2.45) is 0 Å². The third-order valence-corrected chi connectivity index (χ3v) is 4.85. The van der Waals surface area contributed by atoms with Gasteiger partial charge in [-0.3, -0.25) is 4.90 Å². The summed E-state index contributed by atoms with van der Waals surface area (Å²) >= 11 is 1.81. The quantitative estimate of drug-likeness (QED) is 0.754. The van der Waals surface area contributed by atoms with Crippen molar-refractivity contribution in [1.82, 2.24) is 9.88 Å². The van der Waals surface area contributed by atoms with Crippen molar-refractivity contribution in [2.75, 3.05) is 12.3 Å². The van der Waals surface area contributed by atoms with E-state index >= 15 is 0 Å². The summed E-state index contributed by atoms with van der Waals surface area (Å²) in [7, 11) is 0. The summed E-state index contributed by atoms with van der Waals surface area (Å²) < 4.78 is 0. The van der Waals surface area contributed by atoms with Gasteiger partial charge in [0.15, 0.2) is 0 Å². The minimum Gasteiger partial charge on any atom is -0.292 e. The molecule has 110 valence electrons. The van der Waals surface area contributed by atoms with Gasteiger partial charge in [-0.05, 0) is 42.3 Å². The number of pyridine rings is 1. The van der Waals surface area contributed by atoms with Crippen LogP contribution in [-0.4, -0.2) is 22.2 Å². The molecule has 0 N–H and O–H groups in total. The highest BCUT2D eigenvalue weighted by Crippen LogP contribution is 2.33. The molecule has 0 amide bonds. The Hall–Kier alpha value is -1.32. The van der Waals surface area contributed by atoms with Crippen molar-refractivity contribution in [2.45, 2.75) is 37.4 Å². The molecule has 1 aromatic carbocycles. The van der Waals surface area contributed by atoms with Gasteiger partial charge in [-0.25, -0.2) is 4.98 Å². The number of hydrogen-bond donors (Lipinski definition) is 0. The highest BCUT2D eigenvalue weighted by molar-refractivity contribution is 7.99. The van der Waals surface area contributed by atoms with E-state index in [-0.39, 0.29) is 0 Å². The number of thioether (sulfide) groups is 1. The fourth-order valence-electron chi connectivity index (χ4n) is 3.03. The van der Waals surface area contributed by atoms with E-state index in [9.17, 15) is 0 Å². The summed E-state index contributed by atoms with van der Waals surface area (Å²) in [5.41, 5.74) is 2.76. The molecule has 1 atom stereocenters. The fourth-order valence-corrected chi connectivity index (χ4v) is 3.62. The lowest BCUT2D eigenvalue weighted by Gasteiger charge is -2.24. The normalized spacial score (nSPS) is 19.0. The minimum absolute atomic E-state index is 0.526. The fraction of sp³-hybridized carbons (Fsp3) is 0.389. The summed E-state index contributed by atoms with van der Waals surface area (Å²) in [5.74, 6) is 1.08. The van der Waals surface area contributed by atoms with Gasteiger partial charge in [0.2, 0.25) is 0 Å². The lowest BCUT2D eigenvalue weighted by molar-refractivity contribution is 0.248. The Morgan fingerprint density at radius 1 is 1.19 bits per heavy atom. The predicted octanol–water partition coefficient (Wildman–Crippen LogP) is 4.53. The van der Waals surface area contributed by atoms with Crippen LogP contribution in [0.5, 0.6) is 0 Å². The molecule has 1 aliphatic rings. The molecule has 2 heterocycles. The maximum absolute atomic E-state index is 4.59. The summed E-state index contributed by atoms with van der Waals surface area (Å²) in [5, 5.41) is 1.13. The van der Waals surface area contributed by atoms with Crippen molar-refractivity contribution in [3.63, 3.8) is 0 Å². The van der Waals surface area contributed by atoms with Crippen molar-refractivity contribution < 1.29 is 0 Å². The first-order valence-corrected chi connectivity index (χ1v) is 8.72. The summed E-state index contributed by atoms with van der Waals surface area (Å²) in [4.78, 5) is 7.17. The average molecular weight is 298 g/mol. The first-order chi connectivity index (χ1) is 10.4. The third-order valence-electron chi connectivity index (χ3n) is 4.03. The first kappa shape index (κ1) is 14.6. The van der Waals surface area contributed by atoms with Crippen molar-refractivity contribution >= 4 is 11.8 Å². The van der Waals surface area contributed by atoms with Gasteiger partial charge in [0.05, 0.1) is 5.03 Å². The summed E-state index contributed by atoms with van der Waals surface area (Å²) in [6.07, 6.45) is 4.60. The van der Waals surface area contributed by atoms with E-state index < -0.39 is 0 Å². The monoisotopic (exact) mass is 298 g/mol. The molecular formula is C18H22N2S. The molecule has 0 aliphatic carbocycles. The minimum atomic E-state index is 0.526. The van der Waals surface area contributed by atoms with E-state index in [0.29, 0.717) is 6.04 Å². The van der Waals surface area contributed by atoms with E-state index in [1.54, 1.807) is 11.8 Å². The molecule has 2 aromatic rings. The van der Waals surface area contributed by atoms with E-state index in [0.717, 1.165) is 17.3 Å². The number of hydrogen-bond acceptors (Lipinski definition) is 3. The second-order valence-electron chi connectivity index (χ2n) is 5.48. The lowest BCUT2D eigenvalue weighted by Crippen LogP contribution is -2.22. The Morgan fingerprint density at radius 3 is 2.76 bits per heavy atom. The standard InChI is InChI=1S/C18H22N2S/c1-2-21-18-11-10-16(13-19-18)17-9-6-12-20(17)14-15-7-4-3-5-8-15/h3-5,7-8,10-11,13,17H,2,6,9,12,14H2,1H3/t17-/m0/s1. The van der Waals surface area contributed by atoms with Gasteiger partial charge in [-0.1, -0.05) is 43.3 Å². The Labute approximate surface area is 131 Å². The molecule has 1 fully saturated rings. The average Bonchev–Trinajstić information content (AvgIpc) is 2.98. The van der Waals surface area contributed by atoms with Gasteiger partial charge in [0.1, 0.15) is 0 Å². The largest absolute Gasteiger partial charge is 0.292 e. The maximum Gasteiger partial charge on any atom is 0.0959 e. The second-order valence-corrected chi connectivity index (χ2v) is 6.76. The Bertz CT molecular complexity index is 553. The van der Waals surface area contributed by atoms with Gasteiger partial charge in [0.25, 0.3) is 0 Å². The van der Waals surface area contributed by atoms with E-state index in [2.05, 4.69) is 65.5 Å². The number of rotatable bonds is 5. The Morgan fingerprint density at radius 2 is 2.05 bits per heavy atom. The lowest BCUT2D eigenvalue weighted by atomic mass is 10.1. The van der Waals surface area contributed by atoms with E-state index in [1.807, 2.05) is 0 Å². The second kappa shape index (κ2) is 7.10. The van der Waals surface area contributed by atoms with Crippen LogP contribution in [0, 0.1) is 0 Å². The molecule has 1 aromatic heterocycles. The molecule has 21 heavy (non-hydrogen) atoms. The van der Waals surface area contributed by atoms with Crippen LogP contribution in [0.4, 0.5) is 0 Å². The molecular weight excluding hydrogens is 276 g/mol. The molecule has 0 saturated carbocycles. The zero-order valence-corrected chi connectivity index (χ0v) is 13.4. The van der Waals surface area contributed by atoms with Gasteiger partial charge in [-0.15, -0.1) is 11.8 Å². The molecule has 3 rings (SSSR count). The van der Waals surface area contributed by atoms with Crippen LogP contribution < -0.4 is 0 Å². The van der Waals surface area contributed by atoms with Crippen molar-refractivity contribution in [3.05, 3.63) is 59.8 Å². The third kappa shape index (κ3) is 3.66. The molecule has 1 aliphatic heterocycles. The van der Waals surface area contributed by atoms with Crippen molar-refractivity contribution in [1.29, 1.82) is 0 Å². The van der Waals surface area contributed by atoms with Crippen LogP contribution in [0.2, 0.25) is 0 Å². The molecule has 0 unspecified atom stereocenters. The van der Waals surface area contributed by atoms with Crippen LogP contribution in [0.1, 0.15) is 36.9 Å². The molecule has 0 radical (unpaired) electrons. The molecule has 1 saturated heterocycles. The van der Waals surface area contributed by atoms with Crippen LogP contribution in [0.15, 0.2) is 53.7 Å². The Kier molecular flexibility index (Phi) is 4.94. The molecule has 0 bridgehead atoms. The molecule has 3 heteroatoms. The van der Waals surface area contributed by atoms with Crippen molar-refractivity contribution in [3.8, 4) is 0 Å². The Balaban J connectivity index is 1.71. The van der Waals surface area contributed by atoms with Gasteiger partial charge < -0.3 is 0 Å². The summed E-state index contributed by atoms with van der Waals surface area (Å²) in [6.45, 7) is 4.39. The predicted molar refractivity (Wildman–Crippen MR) is 89.5 cm³/mol. The SMILES string of the molecule is CCSc1ccc([C@@H]2CCCN2Cc2ccccc2)cn1. The van der Waals surface area contributed by atoms with Gasteiger partial charge in [0, 0.05) is 18.8 Å². The maximum atomic E-state index is 4.59. The molecule has 0 spiro atoms. The van der Waals surface area contributed by atoms with Gasteiger partial charge in [-0.2, -0.15) is 0 Å². The number of aromatic nitrogens is 1. The zero-order chi connectivity index (χ0) is 14.5. The van der Waals surface area contributed by atoms with Crippen LogP contribution >= 0.6 is 11.8 Å². The van der Waals surface area contributed by atoms with E-state index in [4.69, 9.17) is 0 Å². The topological polar surface area (TPSA) is 16.1 Å². The first-order valence-electron chi connectivity index (χ1n) is 7.73. The van der Waals surface area contributed by atoms with Crippen LogP contribution in [0.3, 0.4) is 0 Å². The number of benzene rings is 1. The van der Waals surface area contributed by atoms with E-state index in [1.165, 1.54) is 30.5 Å². The van der Waals surface area contributed by atoms with Crippen LogP contribution in [0.25, 0.3) is 0 Å². The summed E-state index contributed by atoms with van der Waals surface area (Å²) in [6, 6.07) is 15.7. The van der Waals surface area contributed by atoms with Crippen LogP contribution in [-0.2, 0) is 6.54 Å². The highest BCUT2D eigenvalue weighted by Gasteiger charge is 2.26.